The van der Waals surface area contributed by atoms with Crippen LogP contribution in [0, 0.1) is 0 Å². The third-order valence-corrected chi connectivity index (χ3v) is 3.70. The third kappa shape index (κ3) is 3.91. The number of halogens is 2. The van der Waals surface area contributed by atoms with Gasteiger partial charge in [-0.15, -0.1) is 0 Å². The first-order chi connectivity index (χ1) is 10.4. The maximum atomic E-state index is 10.2. The molecule has 2 aromatic carbocycles. The molecule has 0 bridgehead atoms. The maximum absolute atomic E-state index is 10.2. The molecule has 2 rings (SSSR count). The summed E-state index contributed by atoms with van der Waals surface area (Å²) in [6.07, 6.45) is 0.579. The molecule has 0 heterocycles. The van der Waals surface area contributed by atoms with Gasteiger partial charge in [-0.2, -0.15) is 0 Å². The van der Waals surface area contributed by atoms with Crippen LogP contribution in [0.4, 0.5) is 0 Å². The number of aliphatic imine (C=N–C) groups is 1. The van der Waals surface area contributed by atoms with E-state index in [4.69, 9.17) is 23.2 Å². The van der Waals surface area contributed by atoms with Crippen LogP contribution < -0.4 is 0 Å². The number of hydrogen-bond acceptors (Lipinski definition) is 4. The van der Waals surface area contributed by atoms with Crippen molar-refractivity contribution in [2.24, 2.45) is 4.99 Å². The number of hydrogen-bond donors (Lipinski definition) is 3. The highest BCUT2D eigenvalue weighted by Gasteiger charge is 2.15. The summed E-state index contributed by atoms with van der Waals surface area (Å²) in [7, 11) is 0. The van der Waals surface area contributed by atoms with E-state index in [-0.39, 0.29) is 16.5 Å². The summed E-state index contributed by atoms with van der Waals surface area (Å²) in [5.41, 5.74) is 1.01. The average Bonchev–Trinajstić information content (AvgIpc) is 2.49. The Kier molecular flexibility index (Phi) is 5.29. The molecule has 0 aromatic heterocycles. The molecule has 2 atom stereocenters. The number of phenolic OH excluding ortho intramolecular Hbond substituents is 2. The van der Waals surface area contributed by atoms with Gasteiger partial charge < -0.3 is 15.3 Å². The molecule has 0 fully saturated rings. The van der Waals surface area contributed by atoms with Crippen LogP contribution in [0.5, 0.6) is 11.5 Å². The predicted molar refractivity (Wildman–Crippen MR) is 88.2 cm³/mol. The van der Waals surface area contributed by atoms with Crippen LogP contribution in [0.2, 0.25) is 10.0 Å². The van der Waals surface area contributed by atoms with Gasteiger partial charge in [0.25, 0.3) is 0 Å². The Hall–Kier alpha value is -1.75. The fraction of sp³-hybridized carbons (Fsp3) is 0.188. The first-order valence-electron chi connectivity index (χ1n) is 6.56. The topological polar surface area (TPSA) is 73.1 Å². The van der Waals surface area contributed by atoms with Crippen molar-refractivity contribution >= 4 is 29.4 Å². The Morgan fingerprint density at radius 1 is 1.09 bits per heavy atom. The molecule has 3 N–H and O–H groups in total. The standard InChI is InChI=1S/C16H15Cl2NO3/c1-9(15(21)10-2-4-13(20)5-3-10)19-8-11-6-12(17)7-14(18)16(11)22/h2-9,15,20-22H,1H3/t9-,15-/m0/s1. The van der Waals surface area contributed by atoms with Crippen LogP contribution in [-0.4, -0.2) is 27.6 Å². The molecule has 0 saturated carbocycles. The van der Waals surface area contributed by atoms with Gasteiger partial charge >= 0.3 is 0 Å². The van der Waals surface area contributed by atoms with Gasteiger partial charge in [0.15, 0.2) is 0 Å². The Bertz CT molecular complexity index is 687. The smallest absolute Gasteiger partial charge is 0.143 e. The monoisotopic (exact) mass is 339 g/mol. The lowest BCUT2D eigenvalue weighted by atomic mass is 10.0. The molecule has 6 heteroatoms. The first kappa shape index (κ1) is 16.6. The summed E-state index contributed by atoms with van der Waals surface area (Å²) in [5, 5.41) is 29.8. The highest BCUT2D eigenvalue weighted by molar-refractivity contribution is 6.36. The second-order valence-electron chi connectivity index (χ2n) is 4.88. The van der Waals surface area contributed by atoms with Crippen molar-refractivity contribution in [3.8, 4) is 11.5 Å². The minimum absolute atomic E-state index is 0.110. The quantitative estimate of drug-likeness (QED) is 0.738. The van der Waals surface area contributed by atoms with Gasteiger partial charge in [0.2, 0.25) is 0 Å². The zero-order chi connectivity index (χ0) is 16.3. The average molecular weight is 340 g/mol. The molecule has 0 radical (unpaired) electrons. The van der Waals surface area contributed by atoms with E-state index in [1.165, 1.54) is 30.5 Å². The van der Waals surface area contributed by atoms with Crippen LogP contribution in [0.1, 0.15) is 24.2 Å². The van der Waals surface area contributed by atoms with Crippen molar-refractivity contribution in [2.45, 2.75) is 19.1 Å². The van der Waals surface area contributed by atoms with Crippen molar-refractivity contribution in [1.29, 1.82) is 0 Å². The number of benzene rings is 2. The van der Waals surface area contributed by atoms with E-state index in [2.05, 4.69) is 4.99 Å². The van der Waals surface area contributed by atoms with Gasteiger partial charge in [-0.3, -0.25) is 4.99 Å². The van der Waals surface area contributed by atoms with Gasteiger partial charge in [0, 0.05) is 16.8 Å². The van der Waals surface area contributed by atoms with E-state index in [0.29, 0.717) is 16.1 Å². The summed E-state index contributed by atoms with van der Waals surface area (Å²) in [5.74, 6) is 0.0201. The fourth-order valence-electron chi connectivity index (χ4n) is 1.91. The van der Waals surface area contributed by atoms with Gasteiger partial charge in [0.1, 0.15) is 17.6 Å². The van der Waals surface area contributed by atoms with Crippen molar-refractivity contribution in [1.82, 2.24) is 0 Å². The van der Waals surface area contributed by atoms with Gasteiger partial charge in [-0.05, 0) is 36.8 Å². The molecule has 0 aliphatic heterocycles. The largest absolute Gasteiger partial charge is 0.508 e. The van der Waals surface area contributed by atoms with Crippen molar-refractivity contribution in [3.63, 3.8) is 0 Å². The Morgan fingerprint density at radius 2 is 1.73 bits per heavy atom. The van der Waals surface area contributed by atoms with E-state index in [9.17, 15) is 15.3 Å². The fourth-order valence-corrected chi connectivity index (χ4v) is 2.42. The molecule has 0 unspecified atom stereocenters. The number of aliphatic hydroxyl groups excluding tert-OH is 1. The van der Waals surface area contributed by atoms with Crippen LogP contribution in [-0.2, 0) is 0 Å². The van der Waals surface area contributed by atoms with E-state index in [1.54, 1.807) is 19.1 Å². The van der Waals surface area contributed by atoms with Gasteiger partial charge in [-0.25, -0.2) is 0 Å². The Balaban J connectivity index is 2.17. The lowest BCUT2D eigenvalue weighted by Gasteiger charge is -2.15. The van der Waals surface area contributed by atoms with Crippen molar-refractivity contribution in [3.05, 3.63) is 57.6 Å². The lowest BCUT2D eigenvalue weighted by molar-refractivity contribution is 0.154. The second kappa shape index (κ2) is 7.01. The second-order valence-corrected chi connectivity index (χ2v) is 5.72. The highest BCUT2D eigenvalue weighted by Crippen LogP contribution is 2.30. The minimum atomic E-state index is -0.839. The molecular weight excluding hydrogens is 325 g/mol. The SMILES string of the molecule is C[C@H](N=Cc1cc(Cl)cc(Cl)c1O)[C@H](O)c1ccc(O)cc1. The van der Waals surface area contributed by atoms with Crippen LogP contribution in [0.25, 0.3) is 0 Å². The number of aliphatic hydroxyl groups is 1. The number of rotatable bonds is 4. The Morgan fingerprint density at radius 3 is 2.36 bits per heavy atom. The minimum Gasteiger partial charge on any atom is -0.508 e. The van der Waals surface area contributed by atoms with Crippen molar-refractivity contribution in [2.75, 3.05) is 0 Å². The van der Waals surface area contributed by atoms with Crippen LogP contribution in [0.15, 0.2) is 41.4 Å². The first-order valence-corrected chi connectivity index (χ1v) is 7.32. The maximum Gasteiger partial charge on any atom is 0.143 e. The molecule has 0 amide bonds. The number of phenols is 2. The van der Waals surface area contributed by atoms with E-state index in [0.717, 1.165) is 0 Å². The summed E-state index contributed by atoms with van der Waals surface area (Å²) < 4.78 is 0. The van der Waals surface area contributed by atoms with E-state index >= 15 is 0 Å². The summed E-state index contributed by atoms with van der Waals surface area (Å²) >= 11 is 11.7. The van der Waals surface area contributed by atoms with Gasteiger partial charge in [0.05, 0.1) is 11.1 Å². The van der Waals surface area contributed by atoms with Crippen LogP contribution in [0.3, 0.4) is 0 Å². The summed E-state index contributed by atoms with van der Waals surface area (Å²) in [6, 6.07) is 8.76. The van der Waals surface area contributed by atoms with Crippen molar-refractivity contribution < 1.29 is 15.3 Å². The molecule has 2 aromatic rings. The predicted octanol–water partition coefficient (Wildman–Crippen LogP) is 3.95. The molecule has 116 valence electrons. The molecule has 4 nitrogen and oxygen atoms in total. The normalized spacial score (nSPS) is 14.2. The molecule has 0 aliphatic rings. The molecular formula is C16H15Cl2NO3. The van der Waals surface area contributed by atoms with Gasteiger partial charge in [-0.1, -0.05) is 35.3 Å². The third-order valence-electron chi connectivity index (χ3n) is 3.20. The summed E-state index contributed by atoms with van der Waals surface area (Å²) in [4.78, 5) is 4.22. The number of nitrogens with zero attached hydrogens (tertiary/aromatic N) is 1. The molecule has 0 spiro atoms. The zero-order valence-electron chi connectivity index (χ0n) is 11.7. The lowest BCUT2D eigenvalue weighted by Crippen LogP contribution is -2.12. The summed E-state index contributed by atoms with van der Waals surface area (Å²) in [6.45, 7) is 1.73. The molecule has 22 heavy (non-hydrogen) atoms. The van der Waals surface area contributed by atoms with E-state index in [1.807, 2.05) is 0 Å². The number of aromatic hydroxyl groups is 2. The molecule has 0 saturated heterocycles. The Labute approximate surface area is 138 Å². The van der Waals surface area contributed by atoms with E-state index < -0.39 is 12.1 Å². The zero-order valence-corrected chi connectivity index (χ0v) is 13.3. The molecule has 0 aliphatic carbocycles. The van der Waals surface area contributed by atoms with Crippen LogP contribution >= 0.6 is 23.2 Å². The highest BCUT2D eigenvalue weighted by atomic mass is 35.5.